The van der Waals surface area contributed by atoms with Gasteiger partial charge >= 0.3 is 6.09 Å². The summed E-state index contributed by atoms with van der Waals surface area (Å²) in [7, 11) is -2.50. The van der Waals surface area contributed by atoms with Gasteiger partial charge < -0.3 is 34.5 Å². The first-order valence-corrected chi connectivity index (χ1v) is 22.7. The number of nitrogens with zero attached hydrogens (tertiary/aromatic N) is 2. The van der Waals surface area contributed by atoms with Crippen LogP contribution >= 0.6 is 0 Å². The van der Waals surface area contributed by atoms with E-state index in [1.807, 2.05) is 38.1 Å². The van der Waals surface area contributed by atoms with Gasteiger partial charge in [-0.05, 0) is 108 Å². The number of nitrogens with one attached hydrogen (secondary N) is 3. The summed E-state index contributed by atoms with van der Waals surface area (Å²) in [6, 6.07) is 2.88. The van der Waals surface area contributed by atoms with E-state index in [1.165, 1.54) is 4.90 Å². The summed E-state index contributed by atoms with van der Waals surface area (Å²) in [6.45, 7) is 7.86. The standard InChI is InChI=1S/C43H57F2N5O10S/c1-7-25-19-24(2)11-8-9-12-26-22-43(26,39(53)49-61(55,56)42(5)16-17-42)48-34(51)32-21-28(23-50(32)37(52)33(25)46-40(54)60-41(3,4)38(44)45)59-36-30-15-14-27(57-6)20-31(30)29-13-10-18-58-35(29)47-36/h9,12,14-15,20,24-26,28,32-33,38H,7-8,10-11,13,16-19,21-23H2,1-6H3,(H,46,54)(H,48,51)(H,49,53)/b12-9-/t24-,25-,26-,28-,32+,33+,43-/m1/s1. The predicted octanol–water partition coefficient (Wildman–Crippen LogP) is 5.33. The maximum Gasteiger partial charge on any atom is 0.408 e. The number of fused-ring (bicyclic) bond motifs is 5. The maximum atomic E-state index is 15.1. The van der Waals surface area contributed by atoms with Crippen LogP contribution in [-0.2, 0) is 35.6 Å². The number of carbonyl (C=O) groups is 4. The lowest BCUT2D eigenvalue weighted by atomic mass is 9.85. The Morgan fingerprint density at radius 1 is 1.16 bits per heavy atom. The van der Waals surface area contributed by atoms with Gasteiger partial charge in [-0.15, -0.1) is 0 Å². The number of aromatic nitrogens is 1. The summed E-state index contributed by atoms with van der Waals surface area (Å²) >= 11 is 0. The fourth-order valence-electron chi connectivity index (χ4n) is 8.70. The van der Waals surface area contributed by atoms with E-state index in [1.54, 1.807) is 20.1 Å². The van der Waals surface area contributed by atoms with Gasteiger partial charge in [0.15, 0.2) is 5.60 Å². The zero-order valence-electron chi connectivity index (χ0n) is 35.6. The molecular formula is C43H57F2N5O10S. The van der Waals surface area contributed by atoms with Crippen molar-refractivity contribution >= 4 is 44.6 Å². The second kappa shape index (κ2) is 16.9. The largest absolute Gasteiger partial charge is 0.497 e. The second-order valence-electron chi connectivity index (χ2n) is 18.1. The lowest BCUT2D eigenvalue weighted by Gasteiger charge is -2.34. The average molecular weight is 874 g/mol. The van der Waals surface area contributed by atoms with E-state index in [2.05, 4.69) is 15.4 Å². The minimum atomic E-state index is -4.07. The van der Waals surface area contributed by atoms with Crippen LogP contribution in [0.15, 0.2) is 30.4 Å². The van der Waals surface area contributed by atoms with E-state index < -0.39 is 86.2 Å². The molecule has 1 saturated heterocycles. The van der Waals surface area contributed by atoms with Crippen molar-refractivity contribution in [1.29, 1.82) is 0 Å². The van der Waals surface area contributed by atoms with E-state index in [0.29, 0.717) is 62.1 Å². The monoisotopic (exact) mass is 873 g/mol. The molecule has 3 fully saturated rings. The molecule has 0 radical (unpaired) electrons. The third kappa shape index (κ3) is 8.96. The van der Waals surface area contributed by atoms with Crippen LogP contribution in [0.25, 0.3) is 10.8 Å². The third-order valence-electron chi connectivity index (χ3n) is 13.1. The summed E-state index contributed by atoms with van der Waals surface area (Å²) in [5.41, 5.74) is -2.89. The van der Waals surface area contributed by atoms with Crippen molar-refractivity contribution in [2.45, 2.75) is 139 Å². The molecule has 0 spiro atoms. The van der Waals surface area contributed by atoms with Crippen LogP contribution in [0.5, 0.6) is 17.5 Å². The topological polar surface area (TPSA) is 192 Å². The zero-order chi connectivity index (χ0) is 44.1. The molecule has 2 aliphatic carbocycles. The molecule has 5 aliphatic rings. The van der Waals surface area contributed by atoms with Crippen molar-refractivity contribution in [3.63, 3.8) is 0 Å². The Hall–Kier alpha value is -4.74. The Bertz CT molecular complexity index is 2200. The van der Waals surface area contributed by atoms with Gasteiger partial charge in [-0.3, -0.25) is 19.1 Å². The minimum absolute atomic E-state index is 0.0245. The van der Waals surface area contributed by atoms with Crippen LogP contribution in [0.4, 0.5) is 13.6 Å². The molecule has 0 bridgehead atoms. The molecule has 15 nitrogen and oxygen atoms in total. The van der Waals surface area contributed by atoms with Gasteiger partial charge in [-0.2, -0.15) is 4.98 Å². The maximum absolute atomic E-state index is 15.1. The normalized spacial score (nSPS) is 29.4. The lowest BCUT2D eigenvalue weighted by molar-refractivity contribution is -0.142. The lowest BCUT2D eigenvalue weighted by Crippen LogP contribution is -2.59. The SMILES string of the molecule is CC[C@@H]1C[C@H](C)CC/C=C\[C@@H]2C[C@@]2(C(=O)NS(=O)(=O)C2(C)CC2)NC(=O)[C@@H]2C[C@@H](Oc3nc4c(c5cc(OC)ccc35)CCCO4)CN2C(=O)[C@H]1NC(=O)OC(C)(C)C(F)F. The molecule has 7 rings (SSSR count). The van der Waals surface area contributed by atoms with Gasteiger partial charge in [0.05, 0.1) is 25.0 Å². The van der Waals surface area contributed by atoms with Gasteiger partial charge in [0.2, 0.25) is 33.6 Å². The van der Waals surface area contributed by atoms with Gasteiger partial charge in [0, 0.05) is 23.3 Å². The number of rotatable bonds is 10. The van der Waals surface area contributed by atoms with Crippen molar-refractivity contribution in [1.82, 2.24) is 25.2 Å². The number of alkyl carbamates (subject to hydrolysis) is 1. The number of benzene rings is 1. The molecule has 334 valence electrons. The van der Waals surface area contributed by atoms with Crippen molar-refractivity contribution in [2.75, 3.05) is 20.3 Å². The predicted molar refractivity (Wildman–Crippen MR) is 220 cm³/mol. The van der Waals surface area contributed by atoms with Crippen LogP contribution in [0, 0.1) is 17.8 Å². The number of alkyl halides is 2. The summed E-state index contributed by atoms with van der Waals surface area (Å²) in [5.74, 6) is -2.04. The third-order valence-corrected chi connectivity index (χ3v) is 15.3. The number of pyridine rings is 1. The number of allylic oxidation sites excluding steroid dienone is 1. The average Bonchev–Trinajstić information content (AvgIpc) is 4.10. The molecular weight excluding hydrogens is 817 g/mol. The number of carbonyl (C=O) groups excluding carboxylic acids is 4. The molecule has 7 atom stereocenters. The van der Waals surface area contributed by atoms with E-state index in [4.69, 9.17) is 23.9 Å². The van der Waals surface area contributed by atoms with E-state index >= 15 is 4.79 Å². The highest BCUT2D eigenvalue weighted by atomic mass is 32.2. The van der Waals surface area contributed by atoms with E-state index in [0.717, 1.165) is 37.6 Å². The number of sulfonamides is 1. The molecule has 1 aromatic heterocycles. The Balaban J connectivity index is 1.26. The van der Waals surface area contributed by atoms with Crippen molar-refractivity contribution in [3.8, 4) is 17.5 Å². The van der Waals surface area contributed by atoms with Gasteiger partial charge in [0.25, 0.3) is 12.3 Å². The summed E-state index contributed by atoms with van der Waals surface area (Å²) in [4.78, 5) is 63.2. The Morgan fingerprint density at radius 2 is 1.92 bits per heavy atom. The molecule has 4 heterocycles. The molecule has 2 saturated carbocycles. The molecule has 2 aromatic rings. The smallest absolute Gasteiger partial charge is 0.408 e. The van der Waals surface area contributed by atoms with Crippen LogP contribution in [0.2, 0.25) is 0 Å². The van der Waals surface area contributed by atoms with Crippen molar-refractivity contribution in [3.05, 3.63) is 35.9 Å². The highest BCUT2D eigenvalue weighted by Gasteiger charge is 2.63. The van der Waals surface area contributed by atoms with E-state index in [9.17, 15) is 31.6 Å². The second-order valence-corrected chi connectivity index (χ2v) is 20.3. The number of ether oxygens (including phenoxy) is 4. The first kappa shape index (κ1) is 44.3. The van der Waals surface area contributed by atoms with Crippen LogP contribution < -0.4 is 29.6 Å². The summed E-state index contributed by atoms with van der Waals surface area (Å²) in [5, 5.41) is 6.93. The molecule has 1 aromatic carbocycles. The summed E-state index contributed by atoms with van der Waals surface area (Å²) in [6.07, 6.45) is 3.13. The molecule has 4 amide bonds. The number of hydrogen-bond acceptors (Lipinski definition) is 11. The number of halogens is 2. The van der Waals surface area contributed by atoms with Crippen LogP contribution in [0.1, 0.15) is 98.0 Å². The minimum Gasteiger partial charge on any atom is -0.497 e. The molecule has 0 unspecified atom stereocenters. The Kier molecular flexibility index (Phi) is 12.2. The molecule has 3 aliphatic heterocycles. The fraction of sp³-hybridized carbons (Fsp3) is 0.651. The van der Waals surface area contributed by atoms with Gasteiger partial charge in [0.1, 0.15) is 29.5 Å². The number of methoxy groups -OCH3 is 1. The van der Waals surface area contributed by atoms with Crippen molar-refractivity contribution in [2.24, 2.45) is 17.8 Å². The zero-order valence-corrected chi connectivity index (χ0v) is 36.4. The van der Waals surface area contributed by atoms with Gasteiger partial charge in [-0.1, -0.05) is 32.4 Å². The molecule has 61 heavy (non-hydrogen) atoms. The van der Waals surface area contributed by atoms with Crippen LogP contribution in [-0.4, -0.2) is 103 Å². The molecule has 3 N–H and O–H groups in total. The first-order chi connectivity index (χ1) is 28.8. The van der Waals surface area contributed by atoms with E-state index in [-0.39, 0.29) is 31.2 Å². The van der Waals surface area contributed by atoms with Gasteiger partial charge in [-0.25, -0.2) is 22.0 Å². The van der Waals surface area contributed by atoms with Crippen LogP contribution in [0.3, 0.4) is 0 Å². The highest BCUT2D eigenvalue weighted by molar-refractivity contribution is 7.91. The highest BCUT2D eigenvalue weighted by Crippen LogP contribution is 2.48. The Morgan fingerprint density at radius 3 is 2.61 bits per heavy atom. The summed E-state index contributed by atoms with van der Waals surface area (Å²) < 4.78 is 78.6. The number of hydrogen-bond donors (Lipinski definition) is 3. The quantitative estimate of drug-likeness (QED) is 0.262. The Labute approximate surface area is 355 Å². The van der Waals surface area contributed by atoms with Crippen molar-refractivity contribution < 1.29 is 55.3 Å². The fourth-order valence-corrected chi connectivity index (χ4v) is 10.0. The molecule has 18 heteroatoms. The number of amides is 4. The first-order valence-electron chi connectivity index (χ1n) is 21.2. The number of aryl methyl sites for hydroxylation is 1.